The summed E-state index contributed by atoms with van der Waals surface area (Å²) in [6.45, 7) is 7.73. The summed E-state index contributed by atoms with van der Waals surface area (Å²) in [4.78, 5) is 5.52. The summed E-state index contributed by atoms with van der Waals surface area (Å²) in [5.74, 6) is 0.590. The third-order valence-corrected chi connectivity index (χ3v) is 4.34. The monoisotopic (exact) mass is 288 g/mol. The highest BCUT2D eigenvalue weighted by Crippen LogP contribution is 2.23. The molecule has 1 aromatic heterocycles. The van der Waals surface area contributed by atoms with Crippen molar-refractivity contribution in [1.29, 1.82) is 0 Å². The maximum Gasteiger partial charge on any atom is 0.0794 e. The number of hydrogen-bond donors (Lipinski definition) is 1. The van der Waals surface area contributed by atoms with E-state index in [4.69, 9.17) is 0 Å². The van der Waals surface area contributed by atoms with Gasteiger partial charge in [0, 0.05) is 23.5 Å². The largest absolute Gasteiger partial charge is 0.310 e. The van der Waals surface area contributed by atoms with Crippen LogP contribution in [0.25, 0.3) is 0 Å². The first-order chi connectivity index (χ1) is 9.70. The molecule has 0 saturated carbocycles. The first-order valence-electron chi connectivity index (χ1n) is 7.41. The summed E-state index contributed by atoms with van der Waals surface area (Å²) >= 11 is 1.74. The van der Waals surface area contributed by atoms with E-state index in [1.807, 2.05) is 11.7 Å². The van der Waals surface area contributed by atoms with Crippen LogP contribution in [0.5, 0.6) is 0 Å². The summed E-state index contributed by atoms with van der Waals surface area (Å²) in [5.41, 5.74) is 4.69. The van der Waals surface area contributed by atoms with Crippen LogP contribution < -0.4 is 5.32 Å². The van der Waals surface area contributed by atoms with Crippen LogP contribution in [0.4, 0.5) is 0 Å². The second-order valence-corrected chi connectivity index (χ2v) is 6.47. The molecular weight excluding hydrogens is 264 g/mol. The Balaban J connectivity index is 2.12. The summed E-state index contributed by atoms with van der Waals surface area (Å²) in [6.07, 6.45) is 4.16. The van der Waals surface area contributed by atoms with Crippen molar-refractivity contribution in [3.8, 4) is 0 Å². The molecule has 0 fully saturated rings. The molecule has 0 aliphatic carbocycles. The van der Waals surface area contributed by atoms with Crippen LogP contribution in [0.1, 0.15) is 55.2 Å². The highest BCUT2D eigenvalue weighted by molar-refractivity contribution is 7.09. The smallest absolute Gasteiger partial charge is 0.0794 e. The molecule has 0 saturated heterocycles. The number of benzene rings is 1. The fraction of sp³-hybridized carbons (Fsp3) is 0.471. The van der Waals surface area contributed by atoms with Crippen molar-refractivity contribution in [2.75, 3.05) is 6.54 Å². The lowest BCUT2D eigenvalue weighted by atomic mass is 9.97. The van der Waals surface area contributed by atoms with E-state index < -0.39 is 0 Å². The van der Waals surface area contributed by atoms with Crippen molar-refractivity contribution in [2.45, 2.75) is 45.6 Å². The summed E-state index contributed by atoms with van der Waals surface area (Å²) < 4.78 is 0. The standard InChI is InChI=1S/C17H24N2S/c1-4-9-19-17(10-16-11-18-12-20-16)15-7-5-14(6-8-15)13(2)3/h5-8,11-13,17,19H,4,9-10H2,1-3H3. The van der Waals surface area contributed by atoms with Crippen LogP contribution >= 0.6 is 11.3 Å². The lowest BCUT2D eigenvalue weighted by molar-refractivity contribution is 0.532. The third kappa shape index (κ3) is 4.15. The Hall–Kier alpha value is -1.19. The molecule has 0 radical (unpaired) electrons. The Labute approximate surface area is 126 Å². The molecule has 108 valence electrons. The van der Waals surface area contributed by atoms with E-state index in [1.165, 1.54) is 16.0 Å². The van der Waals surface area contributed by atoms with E-state index in [0.717, 1.165) is 19.4 Å². The normalized spacial score (nSPS) is 12.8. The second-order valence-electron chi connectivity index (χ2n) is 5.50. The lowest BCUT2D eigenvalue weighted by Crippen LogP contribution is -2.23. The van der Waals surface area contributed by atoms with Gasteiger partial charge in [-0.15, -0.1) is 11.3 Å². The molecule has 3 heteroatoms. The van der Waals surface area contributed by atoms with Crippen LogP contribution in [0, 0.1) is 0 Å². The van der Waals surface area contributed by atoms with E-state index in [0.29, 0.717) is 12.0 Å². The topological polar surface area (TPSA) is 24.9 Å². The third-order valence-electron chi connectivity index (χ3n) is 3.54. The Morgan fingerprint density at radius 1 is 1.15 bits per heavy atom. The first-order valence-corrected chi connectivity index (χ1v) is 8.29. The van der Waals surface area contributed by atoms with Gasteiger partial charge in [-0.05, 0) is 30.0 Å². The average molecular weight is 288 g/mol. The zero-order chi connectivity index (χ0) is 14.4. The Bertz CT molecular complexity index is 488. The number of hydrogen-bond acceptors (Lipinski definition) is 3. The van der Waals surface area contributed by atoms with E-state index in [9.17, 15) is 0 Å². The number of nitrogens with one attached hydrogen (secondary N) is 1. The van der Waals surface area contributed by atoms with Crippen molar-refractivity contribution in [3.63, 3.8) is 0 Å². The second kappa shape index (κ2) is 7.55. The van der Waals surface area contributed by atoms with Gasteiger partial charge in [0.25, 0.3) is 0 Å². The minimum Gasteiger partial charge on any atom is -0.310 e. The van der Waals surface area contributed by atoms with Crippen LogP contribution in [-0.2, 0) is 6.42 Å². The fourth-order valence-electron chi connectivity index (χ4n) is 2.28. The van der Waals surface area contributed by atoms with E-state index in [1.54, 1.807) is 11.3 Å². The Kier molecular flexibility index (Phi) is 5.74. The van der Waals surface area contributed by atoms with Gasteiger partial charge < -0.3 is 5.32 Å². The number of aromatic nitrogens is 1. The molecule has 2 nitrogen and oxygen atoms in total. The average Bonchev–Trinajstić information content (AvgIpc) is 2.96. The Morgan fingerprint density at radius 2 is 1.85 bits per heavy atom. The van der Waals surface area contributed by atoms with Gasteiger partial charge in [0.05, 0.1) is 5.51 Å². The molecule has 0 aliphatic rings. The summed E-state index contributed by atoms with van der Waals surface area (Å²) in [7, 11) is 0. The van der Waals surface area contributed by atoms with Crippen molar-refractivity contribution in [1.82, 2.24) is 10.3 Å². The molecule has 2 rings (SSSR count). The number of thiazole rings is 1. The fourth-order valence-corrected chi connectivity index (χ4v) is 2.93. The zero-order valence-electron chi connectivity index (χ0n) is 12.6. The predicted octanol–water partition coefficient (Wildman–Crippen LogP) is 4.55. The molecule has 1 aromatic carbocycles. The highest BCUT2D eigenvalue weighted by atomic mass is 32.1. The minimum absolute atomic E-state index is 0.386. The van der Waals surface area contributed by atoms with E-state index in [2.05, 4.69) is 55.3 Å². The summed E-state index contributed by atoms with van der Waals surface area (Å²) in [5, 5.41) is 3.65. The molecule has 0 amide bonds. The van der Waals surface area contributed by atoms with Gasteiger partial charge in [-0.25, -0.2) is 0 Å². The van der Waals surface area contributed by atoms with Gasteiger partial charge in [0.1, 0.15) is 0 Å². The van der Waals surface area contributed by atoms with E-state index in [-0.39, 0.29) is 0 Å². The van der Waals surface area contributed by atoms with Crippen molar-refractivity contribution in [3.05, 3.63) is 52.0 Å². The zero-order valence-corrected chi connectivity index (χ0v) is 13.4. The van der Waals surface area contributed by atoms with Gasteiger partial charge in [0.15, 0.2) is 0 Å². The molecule has 20 heavy (non-hydrogen) atoms. The van der Waals surface area contributed by atoms with Gasteiger partial charge in [-0.1, -0.05) is 45.0 Å². The predicted molar refractivity (Wildman–Crippen MR) is 87.4 cm³/mol. The van der Waals surface area contributed by atoms with Crippen molar-refractivity contribution < 1.29 is 0 Å². The molecule has 2 aromatic rings. The molecule has 1 unspecified atom stereocenters. The van der Waals surface area contributed by atoms with Crippen LogP contribution in [0.3, 0.4) is 0 Å². The van der Waals surface area contributed by atoms with Crippen molar-refractivity contribution >= 4 is 11.3 Å². The first kappa shape index (κ1) is 15.2. The molecule has 1 heterocycles. The molecule has 0 bridgehead atoms. The number of rotatable bonds is 7. The molecule has 0 spiro atoms. The van der Waals surface area contributed by atoms with Gasteiger partial charge >= 0.3 is 0 Å². The summed E-state index contributed by atoms with van der Waals surface area (Å²) in [6, 6.07) is 9.44. The highest BCUT2D eigenvalue weighted by Gasteiger charge is 2.12. The van der Waals surface area contributed by atoms with Gasteiger partial charge in [-0.2, -0.15) is 0 Å². The quantitative estimate of drug-likeness (QED) is 0.808. The van der Waals surface area contributed by atoms with E-state index >= 15 is 0 Å². The molecule has 0 aliphatic heterocycles. The maximum atomic E-state index is 4.18. The molecule has 1 N–H and O–H groups in total. The lowest BCUT2D eigenvalue weighted by Gasteiger charge is -2.19. The van der Waals surface area contributed by atoms with Gasteiger partial charge in [-0.3, -0.25) is 4.98 Å². The van der Waals surface area contributed by atoms with Crippen molar-refractivity contribution in [2.24, 2.45) is 0 Å². The Morgan fingerprint density at radius 3 is 2.40 bits per heavy atom. The van der Waals surface area contributed by atoms with Crippen LogP contribution in [-0.4, -0.2) is 11.5 Å². The minimum atomic E-state index is 0.386. The van der Waals surface area contributed by atoms with Crippen LogP contribution in [0.2, 0.25) is 0 Å². The molecular formula is C17H24N2S. The maximum absolute atomic E-state index is 4.18. The van der Waals surface area contributed by atoms with Crippen LogP contribution in [0.15, 0.2) is 36.0 Å². The number of nitrogens with zero attached hydrogens (tertiary/aromatic N) is 1. The van der Waals surface area contributed by atoms with Gasteiger partial charge in [0.2, 0.25) is 0 Å². The molecule has 1 atom stereocenters. The SMILES string of the molecule is CCCNC(Cc1cncs1)c1ccc(C(C)C)cc1.